The lowest BCUT2D eigenvalue weighted by molar-refractivity contribution is -0.0742. The van der Waals surface area contributed by atoms with E-state index in [2.05, 4.69) is 48.3 Å². The van der Waals surface area contributed by atoms with Crippen LogP contribution in [-0.2, 0) is 16.9 Å². The largest absolute Gasteiger partial charge is 0.365 e. The number of para-hydroxylation sites is 1. The second kappa shape index (κ2) is 5.96. The van der Waals surface area contributed by atoms with E-state index in [1.165, 1.54) is 16.7 Å². The molecule has 0 radical (unpaired) electrons. The summed E-state index contributed by atoms with van der Waals surface area (Å²) in [4.78, 5) is 18.6. The molecule has 0 saturated carbocycles. The number of piperidine rings is 1. The fourth-order valence-electron chi connectivity index (χ4n) is 4.74. The molecule has 1 spiro atoms. The Hall–Kier alpha value is -2.59. The number of hydrogen-bond acceptors (Lipinski definition) is 2. The van der Waals surface area contributed by atoms with Crippen LogP contribution in [0.3, 0.4) is 0 Å². The van der Waals surface area contributed by atoms with Crippen molar-refractivity contribution in [1.82, 2.24) is 9.88 Å². The Labute approximate surface area is 159 Å². The van der Waals surface area contributed by atoms with Gasteiger partial charge in [-0.25, -0.2) is 0 Å². The highest BCUT2D eigenvalue weighted by Crippen LogP contribution is 2.44. The number of benzene rings is 2. The first kappa shape index (κ1) is 16.6. The summed E-state index contributed by atoms with van der Waals surface area (Å²) in [6.07, 6.45) is 1.71. The van der Waals surface area contributed by atoms with Crippen LogP contribution in [0.25, 0.3) is 10.9 Å². The fraction of sp³-hybridized carbons (Fsp3) is 0.348. The number of carbonyl (C=O) groups is 1. The van der Waals surface area contributed by atoms with E-state index in [1.807, 2.05) is 17.9 Å². The number of H-pyrrole nitrogens is 1. The highest BCUT2D eigenvalue weighted by atomic mass is 16.5. The van der Waals surface area contributed by atoms with E-state index in [-0.39, 0.29) is 11.5 Å². The number of rotatable bonds is 1. The number of carbonyl (C=O) groups excluding carboxylic acids is 1. The summed E-state index contributed by atoms with van der Waals surface area (Å²) in [6.45, 7) is 6.24. The van der Waals surface area contributed by atoms with Gasteiger partial charge < -0.3 is 14.6 Å². The van der Waals surface area contributed by atoms with Crippen molar-refractivity contribution in [3.05, 3.63) is 70.4 Å². The minimum absolute atomic E-state index is 0.101. The van der Waals surface area contributed by atoms with Crippen molar-refractivity contribution >= 4 is 16.8 Å². The van der Waals surface area contributed by atoms with Gasteiger partial charge in [0.2, 0.25) is 0 Å². The predicted octanol–water partition coefficient (Wildman–Crippen LogP) is 4.45. The summed E-state index contributed by atoms with van der Waals surface area (Å²) in [7, 11) is 0. The van der Waals surface area contributed by atoms with E-state index >= 15 is 0 Å². The monoisotopic (exact) mass is 360 g/mol. The van der Waals surface area contributed by atoms with Crippen molar-refractivity contribution in [2.75, 3.05) is 13.1 Å². The fourth-order valence-corrected chi connectivity index (χ4v) is 4.74. The van der Waals surface area contributed by atoms with Crippen molar-refractivity contribution < 1.29 is 9.53 Å². The van der Waals surface area contributed by atoms with Gasteiger partial charge in [0.05, 0.1) is 12.2 Å². The Morgan fingerprint density at radius 3 is 2.63 bits per heavy atom. The predicted molar refractivity (Wildman–Crippen MR) is 106 cm³/mol. The molecule has 2 aromatic carbocycles. The van der Waals surface area contributed by atoms with Crippen molar-refractivity contribution in [2.45, 2.75) is 38.9 Å². The summed E-state index contributed by atoms with van der Waals surface area (Å²) in [5.74, 6) is 0.101. The Morgan fingerprint density at radius 2 is 1.85 bits per heavy atom. The maximum absolute atomic E-state index is 13.2. The molecule has 3 heterocycles. The standard InChI is InChI=1S/C23H24N2O2/c1-15-6-5-8-18-16(2)21(24-20(15)18)22(26)25-12-10-23(11-13-25)19-9-4-3-7-17(19)14-27-23/h3-9,24H,10-14H2,1-2H3. The molecule has 0 bridgehead atoms. The Kier molecular flexibility index (Phi) is 3.66. The van der Waals surface area contributed by atoms with Crippen LogP contribution in [0.5, 0.6) is 0 Å². The van der Waals surface area contributed by atoms with Gasteiger partial charge in [0, 0.05) is 24.0 Å². The molecule has 2 aliphatic heterocycles. The number of aryl methyl sites for hydroxylation is 2. The molecular weight excluding hydrogens is 336 g/mol. The summed E-state index contributed by atoms with van der Waals surface area (Å²) in [5.41, 5.74) is 6.40. The van der Waals surface area contributed by atoms with E-state index in [0.29, 0.717) is 6.61 Å². The normalized spacial score (nSPS) is 18.2. The minimum Gasteiger partial charge on any atom is -0.365 e. The molecule has 138 valence electrons. The lowest BCUT2D eigenvalue weighted by atomic mass is 9.83. The molecule has 4 nitrogen and oxygen atoms in total. The summed E-state index contributed by atoms with van der Waals surface area (Å²) < 4.78 is 6.23. The second-order valence-corrected chi connectivity index (χ2v) is 7.85. The van der Waals surface area contributed by atoms with E-state index in [9.17, 15) is 4.79 Å². The topological polar surface area (TPSA) is 45.3 Å². The van der Waals surface area contributed by atoms with Crippen LogP contribution in [0.4, 0.5) is 0 Å². The molecule has 1 fully saturated rings. The number of nitrogens with one attached hydrogen (secondary N) is 1. The third-order valence-corrected chi connectivity index (χ3v) is 6.39. The molecule has 1 amide bonds. The number of hydrogen-bond donors (Lipinski definition) is 1. The van der Waals surface area contributed by atoms with Gasteiger partial charge in [-0.15, -0.1) is 0 Å². The number of aromatic nitrogens is 1. The van der Waals surface area contributed by atoms with Crippen LogP contribution >= 0.6 is 0 Å². The van der Waals surface area contributed by atoms with E-state index in [4.69, 9.17) is 4.74 Å². The lowest BCUT2D eigenvalue weighted by Gasteiger charge is -2.39. The Balaban J connectivity index is 1.40. The summed E-state index contributed by atoms with van der Waals surface area (Å²) >= 11 is 0. The first-order valence-corrected chi connectivity index (χ1v) is 9.69. The van der Waals surface area contributed by atoms with E-state index < -0.39 is 0 Å². The van der Waals surface area contributed by atoms with E-state index in [1.54, 1.807) is 0 Å². The van der Waals surface area contributed by atoms with E-state index in [0.717, 1.165) is 48.1 Å². The maximum Gasteiger partial charge on any atom is 0.270 e. The SMILES string of the molecule is Cc1c(C(=O)N2CCC3(CC2)OCc2ccccc23)[nH]c2c(C)cccc12. The highest BCUT2D eigenvalue weighted by Gasteiger charge is 2.43. The van der Waals surface area contributed by atoms with Crippen LogP contribution in [-0.4, -0.2) is 28.9 Å². The number of likely N-dealkylation sites (tertiary alicyclic amines) is 1. The van der Waals surface area contributed by atoms with Gasteiger partial charge >= 0.3 is 0 Å². The molecule has 1 saturated heterocycles. The van der Waals surface area contributed by atoms with Gasteiger partial charge in [0.1, 0.15) is 5.69 Å². The second-order valence-electron chi connectivity index (χ2n) is 7.85. The zero-order valence-corrected chi connectivity index (χ0v) is 15.8. The zero-order chi connectivity index (χ0) is 18.6. The molecule has 5 rings (SSSR count). The van der Waals surface area contributed by atoms with Gasteiger partial charge in [0.15, 0.2) is 0 Å². The number of aromatic amines is 1. The van der Waals surface area contributed by atoms with Crippen LogP contribution < -0.4 is 0 Å². The van der Waals surface area contributed by atoms with Crippen LogP contribution in [0.2, 0.25) is 0 Å². The number of nitrogens with zero attached hydrogens (tertiary/aromatic N) is 1. The third-order valence-electron chi connectivity index (χ3n) is 6.39. The van der Waals surface area contributed by atoms with Crippen molar-refractivity contribution in [3.63, 3.8) is 0 Å². The molecule has 2 aliphatic rings. The first-order valence-electron chi connectivity index (χ1n) is 9.69. The number of ether oxygens (including phenoxy) is 1. The molecule has 4 heteroatoms. The number of fused-ring (bicyclic) bond motifs is 3. The molecule has 0 atom stereocenters. The third kappa shape index (κ3) is 2.43. The summed E-state index contributed by atoms with van der Waals surface area (Å²) in [6, 6.07) is 14.7. The van der Waals surface area contributed by atoms with Crippen LogP contribution in [0.15, 0.2) is 42.5 Å². The maximum atomic E-state index is 13.2. The molecule has 0 aliphatic carbocycles. The Bertz CT molecular complexity index is 1040. The molecule has 1 N–H and O–H groups in total. The lowest BCUT2D eigenvalue weighted by Crippen LogP contribution is -2.45. The quantitative estimate of drug-likeness (QED) is 0.697. The highest BCUT2D eigenvalue weighted by molar-refractivity contribution is 6.01. The first-order chi connectivity index (χ1) is 13.1. The molecular formula is C23H24N2O2. The van der Waals surface area contributed by atoms with Crippen molar-refractivity contribution in [3.8, 4) is 0 Å². The number of amides is 1. The van der Waals surface area contributed by atoms with Crippen LogP contribution in [0.1, 0.15) is 45.6 Å². The molecule has 27 heavy (non-hydrogen) atoms. The molecule has 1 aromatic heterocycles. The minimum atomic E-state index is -0.209. The summed E-state index contributed by atoms with van der Waals surface area (Å²) in [5, 5.41) is 1.14. The average molecular weight is 360 g/mol. The van der Waals surface area contributed by atoms with Gasteiger partial charge in [-0.05, 0) is 48.9 Å². The average Bonchev–Trinajstić information content (AvgIpc) is 3.22. The van der Waals surface area contributed by atoms with Crippen molar-refractivity contribution in [2.24, 2.45) is 0 Å². The molecule has 0 unspecified atom stereocenters. The molecule has 3 aromatic rings. The van der Waals surface area contributed by atoms with Gasteiger partial charge in [-0.2, -0.15) is 0 Å². The Morgan fingerprint density at radius 1 is 1.07 bits per heavy atom. The zero-order valence-electron chi connectivity index (χ0n) is 15.8. The van der Waals surface area contributed by atoms with Crippen molar-refractivity contribution in [1.29, 1.82) is 0 Å². The van der Waals surface area contributed by atoms with Gasteiger partial charge in [-0.1, -0.05) is 42.5 Å². The van der Waals surface area contributed by atoms with Gasteiger partial charge in [-0.3, -0.25) is 4.79 Å². The van der Waals surface area contributed by atoms with Gasteiger partial charge in [0.25, 0.3) is 5.91 Å². The van der Waals surface area contributed by atoms with Crippen LogP contribution in [0, 0.1) is 13.8 Å². The smallest absolute Gasteiger partial charge is 0.270 e.